The van der Waals surface area contributed by atoms with Gasteiger partial charge in [-0.25, -0.2) is 19.9 Å². The maximum Gasteiger partial charge on any atom is 0.343 e. The van der Waals surface area contributed by atoms with Crippen LogP contribution in [0.1, 0.15) is 0 Å². The first-order chi connectivity index (χ1) is 7.70. The SMILES string of the molecule is CNc1cc(Sc2n[nH]c(=O)n2C)ncn1. The Kier molecular flexibility index (Phi) is 2.91. The quantitative estimate of drug-likeness (QED) is 0.737. The van der Waals surface area contributed by atoms with Crippen LogP contribution in [0.2, 0.25) is 0 Å². The van der Waals surface area contributed by atoms with Crippen molar-refractivity contribution in [3.05, 3.63) is 22.9 Å². The third-order valence-electron chi connectivity index (χ3n) is 1.93. The van der Waals surface area contributed by atoms with E-state index in [9.17, 15) is 4.79 Å². The summed E-state index contributed by atoms with van der Waals surface area (Å²) in [5.41, 5.74) is -0.245. The lowest BCUT2D eigenvalue weighted by Gasteiger charge is -2.01. The first kappa shape index (κ1) is 10.7. The number of hydrogen-bond acceptors (Lipinski definition) is 6. The van der Waals surface area contributed by atoms with Crippen LogP contribution in [-0.2, 0) is 7.05 Å². The van der Waals surface area contributed by atoms with E-state index in [0.717, 1.165) is 10.8 Å². The summed E-state index contributed by atoms with van der Waals surface area (Å²) in [4.78, 5) is 19.2. The zero-order valence-electron chi connectivity index (χ0n) is 8.76. The molecule has 0 bridgehead atoms. The Hall–Kier alpha value is -1.83. The molecule has 0 saturated heterocycles. The van der Waals surface area contributed by atoms with Crippen molar-refractivity contribution in [2.45, 2.75) is 10.2 Å². The van der Waals surface area contributed by atoms with Crippen molar-refractivity contribution < 1.29 is 0 Å². The molecule has 0 radical (unpaired) electrons. The van der Waals surface area contributed by atoms with Crippen LogP contribution in [0.4, 0.5) is 5.82 Å². The van der Waals surface area contributed by atoms with Crippen molar-refractivity contribution in [2.75, 3.05) is 12.4 Å². The second kappa shape index (κ2) is 4.35. The molecular formula is C8H10N6OS. The van der Waals surface area contributed by atoms with E-state index in [1.807, 2.05) is 0 Å². The smallest absolute Gasteiger partial charge is 0.343 e. The molecule has 16 heavy (non-hydrogen) atoms. The van der Waals surface area contributed by atoms with Gasteiger partial charge in [0.25, 0.3) is 0 Å². The van der Waals surface area contributed by atoms with E-state index in [1.165, 1.54) is 22.7 Å². The molecule has 0 unspecified atom stereocenters. The van der Waals surface area contributed by atoms with Gasteiger partial charge in [-0.15, -0.1) is 5.10 Å². The van der Waals surface area contributed by atoms with E-state index in [4.69, 9.17) is 0 Å². The Morgan fingerprint density at radius 1 is 1.50 bits per heavy atom. The second-order valence-electron chi connectivity index (χ2n) is 2.96. The van der Waals surface area contributed by atoms with E-state index in [2.05, 4.69) is 25.5 Å². The van der Waals surface area contributed by atoms with Gasteiger partial charge in [0.05, 0.1) is 0 Å². The van der Waals surface area contributed by atoms with Gasteiger partial charge in [0, 0.05) is 20.2 Å². The van der Waals surface area contributed by atoms with Gasteiger partial charge in [0.1, 0.15) is 17.2 Å². The van der Waals surface area contributed by atoms with Crippen molar-refractivity contribution in [3.8, 4) is 0 Å². The monoisotopic (exact) mass is 238 g/mol. The van der Waals surface area contributed by atoms with Gasteiger partial charge in [-0.3, -0.25) is 4.57 Å². The molecular weight excluding hydrogens is 228 g/mol. The van der Waals surface area contributed by atoms with Gasteiger partial charge in [0.15, 0.2) is 5.16 Å². The van der Waals surface area contributed by atoms with Gasteiger partial charge in [-0.2, -0.15) is 0 Å². The van der Waals surface area contributed by atoms with Gasteiger partial charge >= 0.3 is 5.69 Å². The summed E-state index contributed by atoms with van der Waals surface area (Å²) < 4.78 is 1.42. The number of hydrogen-bond donors (Lipinski definition) is 2. The molecule has 0 saturated carbocycles. The predicted molar refractivity (Wildman–Crippen MR) is 59.5 cm³/mol. The van der Waals surface area contributed by atoms with Gasteiger partial charge in [-0.1, -0.05) is 0 Å². The fourth-order valence-corrected chi connectivity index (χ4v) is 1.82. The fraction of sp³-hybridized carbons (Fsp3) is 0.250. The minimum Gasteiger partial charge on any atom is -0.373 e. The highest BCUT2D eigenvalue weighted by atomic mass is 32.2. The molecule has 2 heterocycles. The maximum absolute atomic E-state index is 11.1. The number of H-pyrrole nitrogens is 1. The summed E-state index contributed by atoms with van der Waals surface area (Å²) in [6.07, 6.45) is 1.46. The van der Waals surface area contributed by atoms with E-state index in [0.29, 0.717) is 5.16 Å². The lowest BCUT2D eigenvalue weighted by atomic mass is 10.6. The molecule has 2 aromatic rings. The molecule has 2 N–H and O–H groups in total. The summed E-state index contributed by atoms with van der Waals surface area (Å²) in [5.74, 6) is 0.720. The van der Waals surface area contributed by atoms with E-state index in [1.54, 1.807) is 20.2 Å². The summed E-state index contributed by atoms with van der Waals surface area (Å²) in [7, 11) is 3.43. The Balaban J connectivity index is 2.26. The van der Waals surface area contributed by atoms with Gasteiger partial charge in [0.2, 0.25) is 0 Å². The summed E-state index contributed by atoms with van der Waals surface area (Å²) in [6.45, 7) is 0. The van der Waals surface area contributed by atoms with Crippen LogP contribution in [0.15, 0.2) is 27.4 Å². The average Bonchev–Trinajstić information content (AvgIpc) is 2.61. The van der Waals surface area contributed by atoms with Crippen molar-refractivity contribution in [1.29, 1.82) is 0 Å². The molecule has 0 spiro atoms. The summed E-state index contributed by atoms with van der Waals surface area (Å²) in [6, 6.07) is 1.78. The standard InChI is InChI=1S/C8H10N6OS/c1-9-5-3-6(11-4-10-5)16-8-13-12-7(15)14(8)2/h3-4H,1-2H3,(H,12,15)(H,9,10,11). The number of anilines is 1. The third-order valence-corrected chi connectivity index (χ3v) is 2.91. The van der Waals surface area contributed by atoms with E-state index < -0.39 is 0 Å². The Bertz CT molecular complexity index is 547. The van der Waals surface area contributed by atoms with Crippen LogP contribution >= 0.6 is 11.8 Å². The molecule has 0 amide bonds. The molecule has 0 aliphatic heterocycles. The lowest BCUT2D eigenvalue weighted by Crippen LogP contribution is -2.12. The highest BCUT2D eigenvalue weighted by Gasteiger charge is 2.07. The van der Waals surface area contributed by atoms with Crippen LogP contribution in [0.3, 0.4) is 0 Å². The van der Waals surface area contributed by atoms with Gasteiger partial charge < -0.3 is 5.32 Å². The number of nitrogens with zero attached hydrogens (tertiary/aromatic N) is 4. The Morgan fingerprint density at radius 3 is 2.94 bits per heavy atom. The first-order valence-electron chi connectivity index (χ1n) is 4.49. The number of nitrogens with one attached hydrogen (secondary N) is 2. The van der Waals surface area contributed by atoms with Crippen LogP contribution in [-0.4, -0.2) is 31.8 Å². The Labute approximate surface area is 95.3 Å². The number of aromatic amines is 1. The zero-order valence-corrected chi connectivity index (χ0v) is 9.58. The van der Waals surface area contributed by atoms with Crippen LogP contribution in [0.25, 0.3) is 0 Å². The second-order valence-corrected chi connectivity index (χ2v) is 3.95. The average molecular weight is 238 g/mol. The molecule has 8 heteroatoms. The Morgan fingerprint density at radius 2 is 2.31 bits per heavy atom. The summed E-state index contributed by atoms with van der Waals surface area (Å²) in [5, 5.41) is 10.4. The highest BCUT2D eigenvalue weighted by molar-refractivity contribution is 7.99. The molecule has 0 atom stereocenters. The molecule has 0 aromatic carbocycles. The lowest BCUT2D eigenvalue weighted by molar-refractivity contribution is 0.764. The molecule has 0 aliphatic carbocycles. The van der Waals surface area contributed by atoms with E-state index >= 15 is 0 Å². The minimum absolute atomic E-state index is 0.245. The normalized spacial score (nSPS) is 10.4. The highest BCUT2D eigenvalue weighted by Crippen LogP contribution is 2.23. The molecule has 0 aliphatic rings. The van der Waals surface area contributed by atoms with Gasteiger partial charge in [-0.05, 0) is 11.8 Å². The van der Waals surface area contributed by atoms with E-state index in [-0.39, 0.29) is 5.69 Å². The van der Waals surface area contributed by atoms with Crippen molar-refractivity contribution in [3.63, 3.8) is 0 Å². The van der Waals surface area contributed by atoms with Crippen LogP contribution < -0.4 is 11.0 Å². The number of rotatable bonds is 3. The minimum atomic E-state index is -0.245. The molecule has 2 rings (SSSR count). The molecule has 84 valence electrons. The zero-order chi connectivity index (χ0) is 11.5. The van der Waals surface area contributed by atoms with Crippen molar-refractivity contribution in [1.82, 2.24) is 24.7 Å². The van der Waals surface area contributed by atoms with Crippen LogP contribution in [0.5, 0.6) is 0 Å². The largest absolute Gasteiger partial charge is 0.373 e. The summed E-state index contributed by atoms with van der Waals surface area (Å²) >= 11 is 1.29. The van der Waals surface area contributed by atoms with Crippen molar-refractivity contribution >= 4 is 17.6 Å². The molecule has 0 fully saturated rings. The predicted octanol–water partition coefficient (Wildman–Crippen LogP) is 0.0913. The van der Waals surface area contributed by atoms with Crippen molar-refractivity contribution in [2.24, 2.45) is 7.05 Å². The third kappa shape index (κ3) is 2.06. The maximum atomic E-state index is 11.1. The number of aromatic nitrogens is 5. The molecule has 2 aromatic heterocycles. The molecule has 7 nitrogen and oxygen atoms in total. The first-order valence-corrected chi connectivity index (χ1v) is 5.31. The van der Waals surface area contributed by atoms with Crippen LogP contribution in [0, 0.1) is 0 Å². The topological polar surface area (TPSA) is 88.5 Å². The fourth-order valence-electron chi connectivity index (χ4n) is 1.05.